The van der Waals surface area contributed by atoms with E-state index in [0.717, 1.165) is 13.0 Å². The van der Waals surface area contributed by atoms with E-state index in [2.05, 4.69) is 35.1 Å². The molecular weight excluding hydrogens is 278 g/mol. The summed E-state index contributed by atoms with van der Waals surface area (Å²) in [4.78, 5) is 12.8. The van der Waals surface area contributed by atoms with E-state index in [9.17, 15) is 4.79 Å². The molecule has 3 atom stereocenters. The highest BCUT2D eigenvalue weighted by Crippen LogP contribution is 2.42. The Morgan fingerprint density at radius 2 is 2.06 bits per heavy atom. The maximum atomic E-state index is 12.2. The van der Waals surface area contributed by atoms with Crippen LogP contribution in [-0.2, 0) is 4.79 Å². The van der Waals surface area contributed by atoms with E-state index < -0.39 is 0 Å². The van der Waals surface area contributed by atoms with E-state index >= 15 is 0 Å². The van der Waals surface area contributed by atoms with Gasteiger partial charge in [-0.15, -0.1) is 0 Å². The van der Waals surface area contributed by atoms with Crippen LogP contribution in [0.25, 0.3) is 0 Å². The monoisotopic (exact) mass is 301 g/mol. The van der Waals surface area contributed by atoms with Crippen LogP contribution in [0.4, 0.5) is 0 Å². The Bertz CT molecular complexity index is 290. The summed E-state index contributed by atoms with van der Waals surface area (Å²) < 4.78 is 0. The summed E-state index contributed by atoms with van der Waals surface area (Å²) in [5.74, 6) is 1.17. The van der Waals surface area contributed by atoms with E-state index in [4.69, 9.17) is 0 Å². The zero-order chi connectivity index (χ0) is 12.5. The van der Waals surface area contributed by atoms with Gasteiger partial charge in [-0.3, -0.25) is 4.79 Å². The number of carbonyl (C=O) groups excluding carboxylic acids is 1. The first-order valence-electron chi connectivity index (χ1n) is 6.92. The minimum atomic E-state index is 0.202. The van der Waals surface area contributed by atoms with Crippen molar-refractivity contribution in [2.24, 2.45) is 17.3 Å². The highest BCUT2D eigenvalue weighted by atomic mass is 79.9. The van der Waals surface area contributed by atoms with E-state index in [1.165, 1.54) is 32.1 Å². The largest absolute Gasteiger partial charge is 0.356 e. The third kappa shape index (κ3) is 3.04. The van der Waals surface area contributed by atoms with Crippen LogP contribution in [0.1, 0.15) is 52.4 Å². The van der Waals surface area contributed by atoms with Crippen molar-refractivity contribution in [1.82, 2.24) is 5.32 Å². The predicted molar refractivity (Wildman–Crippen MR) is 74.2 cm³/mol. The number of hydrogen-bond donors (Lipinski definition) is 1. The van der Waals surface area contributed by atoms with Gasteiger partial charge < -0.3 is 5.32 Å². The van der Waals surface area contributed by atoms with Gasteiger partial charge in [0, 0.05) is 17.3 Å². The van der Waals surface area contributed by atoms with Crippen molar-refractivity contribution in [3.8, 4) is 0 Å². The van der Waals surface area contributed by atoms with E-state index in [1.807, 2.05) is 0 Å². The Labute approximate surface area is 113 Å². The highest BCUT2D eigenvalue weighted by molar-refractivity contribution is 9.09. The standard InChI is InChI=1S/C14H24BrNO/c1-14(2)8-4-6-11(14)13(17)16-9-10-5-3-7-12(10)15/h10-12H,3-9H2,1-2H3,(H,16,17). The van der Waals surface area contributed by atoms with Crippen molar-refractivity contribution in [2.45, 2.75) is 57.2 Å². The lowest BCUT2D eigenvalue weighted by Crippen LogP contribution is -2.39. The molecule has 3 heteroatoms. The van der Waals surface area contributed by atoms with Gasteiger partial charge in [-0.1, -0.05) is 42.6 Å². The molecule has 0 bridgehead atoms. The lowest BCUT2D eigenvalue weighted by Gasteiger charge is -2.26. The number of alkyl halides is 1. The first kappa shape index (κ1) is 13.4. The third-order valence-electron chi connectivity index (χ3n) is 4.68. The fourth-order valence-electron chi connectivity index (χ4n) is 3.39. The van der Waals surface area contributed by atoms with Crippen molar-refractivity contribution in [1.29, 1.82) is 0 Å². The molecule has 0 radical (unpaired) electrons. The summed E-state index contributed by atoms with van der Waals surface area (Å²) in [7, 11) is 0. The van der Waals surface area contributed by atoms with Crippen molar-refractivity contribution in [3.05, 3.63) is 0 Å². The second-order valence-corrected chi connectivity index (χ2v) is 7.56. The summed E-state index contributed by atoms with van der Waals surface area (Å²) in [6.07, 6.45) is 7.28. The number of carbonyl (C=O) groups is 1. The molecule has 0 aromatic carbocycles. The Kier molecular flexibility index (Phi) is 4.17. The van der Waals surface area contributed by atoms with Gasteiger partial charge in [0.05, 0.1) is 0 Å². The van der Waals surface area contributed by atoms with Crippen LogP contribution < -0.4 is 5.32 Å². The quantitative estimate of drug-likeness (QED) is 0.794. The van der Waals surface area contributed by atoms with Crippen molar-refractivity contribution in [2.75, 3.05) is 6.54 Å². The molecule has 1 N–H and O–H groups in total. The highest BCUT2D eigenvalue weighted by Gasteiger charge is 2.39. The molecule has 2 aliphatic carbocycles. The maximum absolute atomic E-state index is 12.2. The average molecular weight is 302 g/mol. The van der Waals surface area contributed by atoms with Gasteiger partial charge in [-0.2, -0.15) is 0 Å². The minimum absolute atomic E-state index is 0.202. The molecule has 2 nitrogen and oxygen atoms in total. The number of hydrogen-bond acceptors (Lipinski definition) is 1. The molecule has 98 valence electrons. The Balaban J connectivity index is 1.81. The normalized spacial score (nSPS) is 36.1. The zero-order valence-electron chi connectivity index (χ0n) is 11.0. The van der Waals surface area contributed by atoms with Crippen LogP contribution in [0.3, 0.4) is 0 Å². The molecule has 0 aromatic rings. The average Bonchev–Trinajstić information content (AvgIpc) is 2.81. The molecule has 2 rings (SSSR count). The van der Waals surface area contributed by atoms with E-state index in [1.54, 1.807) is 0 Å². The lowest BCUT2D eigenvalue weighted by molar-refractivity contribution is -0.127. The van der Waals surface area contributed by atoms with Crippen molar-refractivity contribution in [3.63, 3.8) is 0 Å². The van der Waals surface area contributed by atoms with E-state index in [-0.39, 0.29) is 11.3 Å². The first-order chi connectivity index (χ1) is 8.00. The van der Waals surface area contributed by atoms with Gasteiger partial charge in [-0.25, -0.2) is 0 Å². The molecule has 0 aliphatic heterocycles. The van der Waals surface area contributed by atoms with Gasteiger partial charge in [0.15, 0.2) is 0 Å². The molecule has 0 heterocycles. The molecule has 0 spiro atoms. The Morgan fingerprint density at radius 1 is 1.29 bits per heavy atom. The van der Waals surface area contributed by atoms with Crippen LogP contribution >= 0.6 is 15.9 Å². The predicted octanol–water partition coefficient (Wildman–Crippen LogP) is 3.49. The van der Waals surface area contributed by atoms with Gasteiger partial charge in [-0.05, 0) is 37.0 Å². The number of halogens is 1. The minimum Gasteiger partial charge on any atom is -0.356 e. The van der Waals surface area contributed by atoms with Gasteiger partial charge in [0.1, 0.15) is 0 Å². The molecule has 0 aromatic heterocycles. The molecule has 2 fully saturated rings. The fourth-order valence-corrected chi connectivity index (χ4v) is 4.16. The van der Waals surface area contributed by atoms with Crippen molar-refractivity contribution < 1.29 is 4.79 Å². The fraction of sp³-hybridized carbons (Fsp3) is 0.929. The van der Waals surface area contributed by atoms with Crippen LogP contribution in [0, 0.1) is 17.3 Å². The summed E-state index contributed by atoms with van der Waals surface area (Å²) in [6.45, 7) is 5.32. The van der Waals surface area contributed by atoms with Crippen LogP contribution in [0.2, 0.25) is 0 Å². The number of rotatable bonds is 3. The summed E-state index contributed by atoms with van der Waals surface area (Å²) in [5.41, 5.74) is 0.202. The number of nitrogens with one attached hydrogen (secondary N) is 1. The van der Waals surface area contributed by atoms with Gasteiger partial charge in [0.2, 0.25) is 5.91 Å². The molecule has 17 heavy (non-hydrogen) atoms. The molecule has 1 amide bonds. The first-order valence-corrected chi connectivity index (χ1v) is 7.84. The smallest absolute Gasteiger partial charge is 0.223 e. The molecule has 2 saturated carbocycles. The summed E-state index contributed by atoms with van der Waals surface area (Å²) in [6, 6.07) is 0. The van der Waals surface area contributed by atoms with Gasteiger partial charge >= 0.3 is 0 Å². The maximum Gasteiger partial charge on any atom is 0.223 e. The molecule has 0 saturated heterocycles. The second-order valence-electron chi connectivity index (χ2n) is 6.39. The SMILES string of the molecule is CC1(C)CCCC1C(=O)NCC1CCCC1Br. The number of amides is 1. The lowest BCUT2D eigenvalue weighted by atomic mass is 9.81. The third-order valence-corrected chi connectivity index (χ3v) is 5.88. The van der Waals surface area contributed by atoms with Crippen LogP contribution in [0.5, 0.6) is 0 Å². The van der Waals surface area contributed by atoms with Crippen LogP contribution in [-0.4, -0.2) is 17.3 Å². The van der Waals surface area contributed by atoms with E-state index in [0.29, 0.717) is 16.7 Å². The topological polar surface area (TPSA) is 29.1 Å². The Hall–Kier alpha value is -0.0500. The molecule has 2 aliphatic rings. The molecular formula is C14H24BrNO. The summed E-state index contributed by atoms with van der Waals surface area (Å²) >= 11 is 3.71. The second kappa shape index (κ2) is 5.29. The van der Waals surface area contributed by atoms with Crippen molar-refractivity contribution >= 4 is 21.8 Å². The molecule has 3 unspecified atom stereocenters. The zero-order valence-corrected chi connectivity index (χ0v) is 12.6. The van der Waals surface area contributed by atoms with Gasteiger partial charge in [0.25, 0.3) is 0 Å². The Morgan fingerprint density at radius 3 is 2.59 bits per heavy atom. The van der Waals surface area contributed by atoms with Crippen LogP contribution in [0.15, 0.2) is 0 Å². The summed E-state index contributed by atoms with van der Waals surface area (Å²) in [5, 5.41) is 3.18.